The van der Waals surface area contributed by atoms with E-state index in [9.17, 15) is 0 Å². The predicted molar refractivity (Wildman–Crippen MR) is 116 cm³/mol. The Morgan fingerprint density at radius 1 is 0.586 bits per heavy atom. The molecule has 0 N–H and O–H groups in total. The summed E-state index contributed by atoms with van der Waals surface area (Å²) < 4.78 is 23.7. The van der Waals surface area contributed by atoms with Crippen LogP contribution in [0.4, 0.5) is 0 Å². The van der Waals surface area contributed by atoms with Gasteiger partial charge in [-0.15, -0.1) is 0 Å². The largest absolute Gasteiger partial charge is 0.490 e. The molecule has 0 bridgehead atoms. The first-order valence-electron chi connectivity index (χ1n) is 10.3. The first-order chi connectivity index (χ1) is 12.8. The van der Waals surface area contributed by atoms with Crippen molar-refractivity contribution in [1.29, 1.82) is 0 Å². The summed E-state index contributed by atoms with van der Waals surface area (Å²) in [5, 5.41) is 0. The quantitative estimate of drug-likeness (QED) is 0.567. The molecule has 2 fully saturated rings. The summed E-state index contributed by atoms with van der Waals surface area (Å²) in [5.74, 6) is 0. The molecule has 4 aliphatic rings. The van der Waals surface area contributed by atoms with Gasteiger partial charge in [0, 0.05) is 17.1 Å². The van der Waals surface area contributed by atoms with Crippen LogP contribution in [0.15, 0.2) is 47.4 Å². The van der Waals surface area contributed by atoms with Gasteiger partial charge in [-0.05, 0) is 79.2 Å². The van der Waals surface area contributed by atoms with Gasteiger partial charge in [-0.2, -0.15) is 0 Å². The maximum atomic E-state index is 5.92. The second-order valence-corrected chi connectivity index (χ2v) is 9.92. The van der Waals surface area contributed by atoms with Crippen molar-refractivity contribution in [3.8, 4) is 0 Å². The first-order valence-corrected chi connectivity index (χ1v) is 10.3. The second-order valence-electron chi connectivity index (χ2n) is 9.92. The zero-order chi connectivity index (χ0) is 20.8. The Bertz CT molecular complexity index is 641. The summed E-state index contributed by atoms with van der Waals surface area (Å²) in [7, 11) is -0.315. The van der Waals surface area contributed by atoms with Crippen molar-refractivity contribution in [2.24, 2.45) is 0 Å². The minimum atomic E-state index is -0.221. The standard InChI is InChI=1S/2C11H17BO2.Fe/c2*1-10(2)11(3,4)14-12(13-10)9-7-5-6-8-9;/h2*5-7H,8H2,1-4H3;. The molecule has 0 radical (unpaired) electrons. The third kappa shape index (κ3) is 5.03. The molecule has 0 amide bonds. The summed E-state index contributed by atoms with van der Waals surface area (Å²) >= 11 is 0. The van der Waals surface area contributed by atoms with Crippen molar-refractivity contribution < 1.29 is 35.7 Å². The number of allylic oxidation sites excluding steroid dienone is 8. The molecule has 2 heterocycles. The Hall–Kier alpha value is -0.551. The Labute approximate surface area is 187 Å². The molecule has 0 saturated carbocycles. The van der Waals surface area contributed by atoms with Gasteiger partial charge < -0.3 is 18.6 Å². The normalized spacial score (nSPS) is 27.3. The Kier molecular flexibility index (Phi) is 7.27. The SMILES string of the molecule is CC1(C)OB(C2=CC=CC2)OC1(C)C.CC1(C)OB(C2=CC=CC2)OC1(C)C.[Fe]. The van der Waals surface area contributed by atoms with E-state index in [1.165, 1.54) is 10.9 Å². The Balaban J connectivity index is 0.000000200. The van der Waals surface area contributed by atoms with Crippen molar-refractivity contribution >= 4 is 14.2 Å². The van der Waals surface area contributed by atoms with Crippen LogP contribution in [-0.2, 0) is 35.7 Å². The van der Waals surface area contributed by atoms with Crippen LogP contribution in [0.5, 0.6) is 0 Å². The van der Waals surface area contributed by atoms with E-state index >= 15 is 0 Å². The summed E-state index contributed by atoms with van der Waals surface area (Å²) in [6.45, 7) is 16.6. The number of rotatable bonds is 2. The van der Waals surface area contributed by atoms with E-state index in [4.69, 9.17) is 18.6 Å². The average molecular weight is 440 g/mol. The average Bonchev–Trinajstić information content (AvgIpc) is 3.31. The van der Waals surface area contributed by atoms with Crippen LogP contribution in [0.2, 0.25) is 0 Å². The Morgan fingerprint density at radius 2 is 0.862 bits per heavy atom. The van der Waals surface area contributed by atoms with Gasteiger partial charge in [0.05, 0.1) is 22.4 Å². The van der Waals surface area contributed by atoms with E-state index in [1.54, 1.807) is 0 Å². The zero-order valence-corrected chi connectivity index (χ0v) is 20.1. The maximum Gasteiger partial charge on any atom is 0.490 e. The minimum absolute atomic E-state index is 0. The molecule has 2 saturated heterocycles. The van der Waals surface area contributed by atoms with E-state index in [2.05, 4.69) is 91.8 Å². The van der Waals surface area contributed by atoms with Gasteiger partial charge in [-0.25, -0.2) is 0 Å². The van der Waals surface area contributed by atoms with E-state index in [0.717, 1.165) is 12.8 Å². The molecule has 0 atom stereocenters. The molecule has 4 nitrogen and oxygen atoms in total. The van der Waals surface area contributed by atoms with Crippen LogP contribution in [0, 0.1) is 0 Å². The van der Waals surface area contributed by atoms with E-state index < -0.39 is 0 Å². The third-order valence-corrected chi connectivity index (χ3v) is 6.71. The van der Waals surface area contributed by atoms with Crippen LogP contribution in [0.3, 0.4) is 0 Å². The van der Waals surface area contributed by atoms with Gasteiger partial charge in [0.15, 0.2) is 0 Å². The van der Waals surface area contributed by atoms with Gasteiger partial charge in [-0.3, -0.25) is 0 Å². The molecule has 160 valence electrons. The van der Waals surface area contributed by atoms with Crippen LogP contribution < -0.4 is 0 Å². The van der Waals surface area contributed by atoms with E-state index in [0.29, 0.717) is 0 Å². The summed E-state index contributed by atoms with van der Waals surface area (Å²) in [4.78, 5) is 0. The van der Waals surface area contributed by atoms with Crippen molar-refractivity contribution in [2.75, 3.05) is 0 Å². The molecule has 0 aromatic carbocycles. The topological polar surface area (TPSA) is 36.9 Å². The van der Waals surface area contributed by atoms with Gasteiger partial charge in [0.1, 0.15) is 0 Å². The van der Waals surface area contributed by atoms with Gasteiger partial charge in [-0.1, -0.05) is 36.5 Å². The molecule has 0 aromatic rings. The van der Waals surface area contributed by atoms with Crippen LogP contribution in [0.25, 0.3) is 0 Å². The maximum absolute atomic E-state index is 5.92. The third-order valence-electron chi connectivity index (χ3n) is 6.71. The summed E-state index contributed by atoms with van der Waals surface area (Å²) in [5.41, 5.74) is 1.57. The van der Waals surface area contributed by atoms with Crippen LogP contribution >= 0.6 is 0 Å². The molecule has 29 heavy (non-hydrogen) atoms. The molecule has 7 heteroatoms. The fraction of sp³-hybridized carbons (Fsp3) is 0.636. The fourth-order valence-corrected chi connectivity index (χ4v) is 3.27. The minimum Gasteiger partial charge on any atom is -0.400 e. The van der Waals surface area contributed by atoms with Crippen LogP contribution in [-0.4, -0.2) is 36.6 Å². The summed E-state index contributed by atoms with van der Waals surface area (Å²) in [6, 6.07) is 0. The first kappa shape index (κ1) is 24.7. The fourth-order valence-electron chi connectivity index (χ4n) is 3.27. The number of hydrogen-bond donors (Lipinski definition) is 0. The second kappa shape index (κ2) is 8.53. The van der Waals surface area contributed by atoms with Gasteiger partial charge in [0.2, 0.25) is 0 Å². The molecular formula is C22H34B2FeO4. The van der Waals surface area contributed by atoms with Gasteiger partial charge >= 0.3 is 14.2 Å². The smallest absolute Gasteiger partial charge is 0.400 e. The molecule has 2 aliphatic heterocycles. The molecule has 0 aromatic heterocycles. The molecular weight excluding hydrogens is 406 g/mol. The predicted octanol–water partition coefficient (Wildman–Crippen LogP) is 5.01. The number of hydrogen-bond acceptors (Lipinski definition) is 4. The molecule has 2 aliphatic carbocycles. The van der Waals surface area contributed by atoms with Crippen LogP contribution in [0.1, 0.15) is 68.2 Å². The van der Waals surface area contributed by atoms with Crippen molar-refractivity contribution in [3.05, 3.63) is 47.4 Å². The van der Waals surface area contributed by atoms with Crippen molar-refractivity contribution in [2.45, 2.75) is 90.6 Å². The monoisotopic (exact) mass is 440 g/mol. The van der Waals surface area contributed by atoms with Crippen molar-refractivity contribution in [3.63, 3.8) is 0 Å². The Morgan fingerprint density at radius 3 is 1.07 bits per heavy atom. The van der Waals surface area contributed by atoms with Crippen molar-refractivity contribution in [1.82, 2.24) is 0 Å². The molecule has 4 rings (SSSR count). The van der Waals surface area contributed by atoms with Gasteiger partial charge in [0.25, 0.3) is 0 Å². The summed E-state index contributed by atoms with van der Waals surface area (Å²) in [6.07, 6.45) is 14.4. The van der Waals surface area contributed by atoms with E-state index in [1.807, 2.05) is 0 Å². The molecule has 0 unspecified atom stereocenters. The molecule has 0 spiro atoms. The zero-order valence-electron chi connectivity index (χ0n) is 19.0. The van der Waals surface area contributed by atoms with E-state index in [-0.39, 0.29) is 53.7 Å².